The molecule has 9 heteroatoms. The number of ether oxygens (including phenoxy) is 1. The third kappa shape index (κ3) is 5.89. The molecule has 192 valence electrons. The number of nitrogens with zero attached hydrogens (tertiary/aromatic N) is 3. The summed E-state index contributed by atoms with van der Waals surface area (Å²) in [6.07, 6.45) is 3.13. The molecule has 0 radical (unpaired) electrons. The number of thiophene rings is 1. The van der Waals surface area contributed by atoms with Crippen LogP contribution in [0.3, 0.4) is 0 Å². The Kier molecular flexibility index (Phi) is 7.62. The van der Waals surface area contributed by atoms with Crippen LogP contribution in [0, 0.1) is 12.8 Å². The summed E-state index contributed by atoms with van der Waals surface area (Å²) in [6, 6.07) is 14.8. The molecule has 1 aromatic carbocycles. The van der Waals surface area contributed by atoms with E-state index in [-0.39, 0.29) is 17.9 Å². The van der Waals surface area contributed by atoms with Crippen LogP contribution >= 0.6 is 11.3 Å². The van der Waals surface area contributed by atoms with Crippen molar-refractivity contribution in [2.45, 2.75) is 39.3 Å². The normalized spacial score (nSPS) is 16.4. The number of piperidine rings is 1. The van der Waals surface area contributed by atoms with E-state index in [2.05, 4.69) is 69.2 Å². The maximum atomic E-state index is 11.7. The predicted octanol–water partition coefficient (Wildman–Crippen LogP) is 4.86. The van der Waals surface area contributed by atoms with Crippen molar-refractivity contribution in [1.82, 2.24) is 25.6 Å². The number of aromatic nitrogens is 3. The lowest BCUT2D eigenvalue weighted by molar-refractivity contribution is -0.123. The minimum atomic E-state index is 0.0472. The van der Waals surface area contributed by atoms with E-state index in [0.29, 0.717) is 31.3 Å². The van der Waals surface area contributed by atoms with Gasteiger partial charge in [-0.05, 0) is 50.6 Å². The molecule has 8 nitrogen and oxygen atoms in total. The number of fused-ring (bicyclic) bond motifs is 1. The van der Waals surface area contributed by atoms with Gasteiger partial charge in [-0.2, -0.15) is 0 Å². The number of nitrogens with one attached hydrogen (secondary N) is 3. The van der Waals surface area contributed by atoms with Gasteiger partial charge in [-0.3, -0.25) is 4.79 Å². The van der Waals surface area contributed by atoms with Crippen LogP contribution < -0.4 is 20.7 Å². The summed E-state index contributed by atoms with van der Waals surface area (Å²) in [7, 11) is 1.97. The number of amides is 1. The molecule has 3 N–H and O–H groups in total. The van der Waals surface area contributed by atoms with Gasteiger partial charge in [0, 0.05) is 46.6 Å². The number of pyridine rings is 1. The molecule has 1 aliphatic heterocycles. The highest BCUT2D eigenvalue weighted by molar-refractivity contribution is 7.15. The van der Waals surface area contributed by atoms with Crippen LogP contribution in [0.5, 0.6) is 5.88 Å². The van der Waals surface area contributed by atoms with E-state index in [0.717, 1.165) is 29.7 Å². The number of rotatable bonds is 9. The molecule has 0 saturated carbocycles. The van der Waals surface area contributed by atoms with Crippen molar-refractivity contribution in [3.63, 3.8) is 0 Å². The summed E-state index contributed by atoms with van der Waals surface area (Å²) in [5, 5.41) is 10.6. The molecule has 4 aromatic rings. The minimum Gasteiger partial charge on any atom is -0.477 e. The van der Waals surface area contributed by atoms with Gasteiger partial charge in [-0.1, -0.05) is 24.3 Å². The van der Waals surface area contributed by atoms with Crippen molar-refractivity contribution >= 4 is 34.0 Å². The topological polar surface area (TPSA) is 101 Å². The number of hydrogen-bond acceptors (Lipinski definition) is 8. The molecule has 1 amide bonds. The third-order valence-electron chi connectivity index (χ3n) is 6.54. The van der Waals surface area contributed by atoms with Crippen LogP contribution in [-0.4, -0.2) is 41.1 Å². The van der Waals surface area contributed by atoms with Gasteiger partial charge in [0.15, 0.2) is 0 Å². The fourth-order valence-electron chi connectivity index (χ4n) is 4.63. The fraction of sp³-hybridized carbons (Fsp3) is 0.357. The molecule has 1 fully saturated rings. The third-order valence-corrected chi connectivity index (χ3v) is 7.84. The van der Waals surface area contributed by atoms with Gasteiger partial charge in [-0.15, -0.1) is 11.3 Å². The maximum absolute atomic E-state index is 11.7. The molecule has 5 rings (SSSR count). The van der Waals surface area contributed by atoms with E-state index in [9.17, 15) is 4.79 Å². The number of aryl methyl sites for hydroxylation is 1. The Balaban J connectivity index is 1.35. The second-order valence-corrected chi connectivity index (χ2v) is 10.5. The van der Waals surface area contributed by atoms with Gasteiger partial charge in [0.25, 0.3) is 0 Å². The Morgan fingerprint density at radius 3 is 2.92 bits per heavy atom. The average molecular weight is 517 g/mol. The van der Waals surface area contributed by atoms with Crippen LogP contribution in [0.4, 0.5) is 5.82 Å². The van der Waals surface area contributed by atoms with Gasteiger partial charge >= 0.3 is 0 Å². The number of carbonyl (C=O) groups is 1. The second-order valence-electron chi connectivity index (χ2n) is 9.43. The zero-order valence-corrected chi connectivity index (χ0v) is 22.2. The first-order chi connectivity index (χ1) is 18.0. The van der Waals surface area contributed by atoms with Crippen LogP contribution in [0.15, 0.2) is 48.7 Å². The van der Waals surface area contributed by atoms with Crippen molar-refractivity contribution in [2.24, 2.45) is 5.92 Å². The van der Waals surface area contributed by atoms with Crippen LogP contribution in [0.2, 0.25) is 0 Å². The van der Waals surface area contributed by atoms with Crippen LogP contribution in [-0.2, 0) is 11.3 Å². The van der Waals surface area contributed by atoms with Crippen molar-refractivity contribution in [2.75, 3.05) is 25.5 Å². The van der Waals surface area contributed by atoms with Crippen molar-refractivity contribution in [3.8, 4) is 16.3 Å². The molecule has 2 atom stereocenters. The smallest absolute Gasteiger partial charge is 0.220 e. The average Bonchev–Trinajstić information content (AvgIpc) is 3.38. The lowest BCUT2D eigenvalue weighted by Gasteiger charge is -2.22. The highest BCUT2D eigenvalue weighted by atomic mass is 32.1. The summed E-state index contributed by atoms with van der Waals surface area (Å²) in [5.41, 5.74) is 3.30. The van der Waals surface area contributed by atoms with E-state index in [4.69, 9.17) is 9.72 Å². The van der Waals surface area contributed by atoms with Crippen molar-refractivity contribution < 1.29 is 9.53 Å². The summed E-state index contributed by atoms with van der Waals surface area (Å²) in [6.45, 7) is 6.02. The highest BCUT2D eigenvalue weighted by Gasteiger charge is 2.20. The van der Waals surface area contributed by atoms with Crippen LogP contribution in [0.1, 0.15) is 42.1 Å². The molecule has 0 spiro atoms. The van der Waals surface area contributed by atoms with Gasteiger partial charge in [-0.25, -0.2) is 15.0 Å². The van der Waals surface area contributed by atoms with Gasteiger partial charge < -0.3 is 20.7 Å². The molecule has 0 bridgehead atoms. The lowest BCUT2D eigenvalue weighted by Crippen LogP contribution is -2.35. The molecule has 1 aliphatic rings. The summed E-state index contributed by atoms with van der Waals surface area (Å²) in [4.78, 5) is 27.9. The van der Waals surface area contributed by atoms with Crippen molar-refractivity contribution in [1.29, 1.82) is 0 Å². The Bertz CT molecular complexity index is 1400. The van der Waals surface area contributed by atoms with Gasteiger partial charge in [0.2, 0.25) is 11.8 Å². The van der Waals surface area contributed by atoms with E-state index in [1.165, 1.54) is 20.9 Å². The number of hydrogen-bond donors (Lipinski definition) is 3. The van der Waals surface area contributed by atoms with E-state index in [1.807, 2.05) is 20.0 Å². The first-order valence-electron chi connectivity index (χ1n) is 12.6. The Hall–Kier alpha value is -3.56. The predicted molar refractivity (Wildman–Crippen MR) is 148 cm³/mol. The zero-order valence-electron chi connectivity index (χ0n) is 21.4. The Labute approximate surface area is 220 Å². The highest BCUT2D eigenvalue weighted by Crippen LogP contribution is 2.35. The molecule has 37 heavy (non-hydrogen) atoms. The SMILES string of the molecule is CNCc1ccccc1-c1ccc(C(C)Nc2nc(C)nc3cnc(OCC4CCNC(=O)C4)cc23)s1. The quantitative estimate of drug-likeness (QED) is 0.292. The molecule has 2 unspecified atom stereocenters. The summed E-state index contributed by atoms with van der Waals surface area (Å²) in [5.74, 6) is 2.23. The standard InChI is InChI=1S/C28H32N6O2S/c1-17(24-8-9-25(37-24)21-7-5-4-6-20(21)14-29-3)32-28-22-13-27(31-15-23(22)33-18(2)34-28)36-16-19-10-11-30-26(35)12-19/h4-9,13,15,17,19,29H,10-12,14,16H2,1-3H3,(H,30,35)(H,32,33,34). The first-order valence-corrected chi connectivity index (χ1v) is 13.4. The molecule has 3 aromatic heterocycles. The molecule has 1 saturated heterocycles. The van der Waals surface area contributed by atoms with Crippen LogP contribution in [0.25, 0.3) is 21.3 Å². The second kappa shape index (κ2) is 11.2. The minimum absolute atomic E-state index is 0.0472. The summed E-state index contributed by atoms with van der Waals surface area (Å²) < 4.78 is 5.98. The molecule has 0 aliphatic carbocycles. The van der Waals surface area contributed by atoms with E-state index in [1.54, 1.807) is 17.5 Å². The van der Waals surface area contributed by atoms with Gasteiger partial charge in [0.1, 0.15) is 11.6 Å². The molecular formula is C28H32N6O2S. The lowest BCUT2D eigenvalue weighted by atomic mass is 9.99. The maximum Gasteiger partial charge on any atom is 0.220 e. The number of benzene rings is 1. The molecule has 4 heterocycles. The first kappa shape index (κ1) is 25.1. The Morgan fingerprint density at radius 1 is 1.22 bits per heavy atom. The van der Waals surface area contributed by atoms with Gasteiger partial charge in [0.05, 0.1) is 24.4 Å². The van der Waals surface area contributed by atoms with Crippen molar-refractivity contribution in [3.05, 3.63) is 64.9 Å². The largest absolute Gasteiger partial charge is 0.477 e. The number of carbonyl (C=O) groups excluding carboxylic acids is 1. The fourth-order valence-corrected chi connectivity index (χ4v) is 5.70. The summed E-state index contributed by atoms with van der Waals surface area (Å²) >= 11 is 1.79. The Morgan fingerprint density at radius 2 is 2.08 bits per heavy atom. The van der Waals surface area contributed by atoms with E-state index >= 15 is 0 Å². The monoisotopic (exact) mass is 516 g/mol. The van der Waals surface area contributed by atoms with E-state index < -0.39 is 0 Å². The zero-order chi connectivity index (χ0) is 25.8. The number of anilines is 1. The molecular weight excluding hydrogens is 484 g/mol.